The minimum atomic E-state index is -0.314. The Morgan fingerprint density at radius 2 is 2.31 bits per heavy atom. The Hall–Kier alpha value is -0.610. The minimum Gasteiger partial charge on any atom is -0.391 e. The number of likely N-dealkylation sites (tertiary alicyclic amines) is 1. The third kappa shape index (κ3) is 1.84. The fourth-order valence-corrected chi connectivity index (χ4v) is 1.93. The number of amides is 1. The van der Waals surface area contributed by atoms with Crippen LogP contribution < -0.4 is 0 Å². The first kappa shape index (κ1) is 8.97. The van der Waals surface area contributed by atoms with Gasteiger partial charge in [0.1, 0.15) is 0 Å². The lowest BCUT2D eigenvalue weighted by atomic mass is 10.1. The molecule has 4 heteroatoms. The molecule has 0 aliphatic carbocycles. The lowest BCUT2D eigenvalue weighted by molar-refractivity contribution is -0.134. The number of aliphatic hydroxyl groups excluding tert-OH is 1. The lowest BCUT2D eigenvalue weighted by Crippen LogP contribution is -2.35. The Morgan fingerprint density at radius 1 is 1.46 bits per heavy atom. The summed E-state index contributed by atoms with van der Waals surface area (Å²) in [5, 5.41) is 9.27. The quantitative estimate of drug-likeness (QED) is 0.605. The molecule has 74 valence electrons. The van der Waals surface area contributed by atoms with Gasteiger partial charge in [-0.05, 0) is 12.8 Å². The fraction of sp³-hybridized carbons (Fsp3) is 0.889. The van der Waals surface area contributed by atoms with Crippen molar-refractivity contribution in [3.05, 3.63) is 0 Å². The number of hydrogen-bond donors (Lipinski definition) is 1. The van der Waals surface area contributed by atoms with Crippen LogP contribution in [0.3, 0.4) is 0 Å². The molecule has 1 N–H and O–H groups in total. The maximum absolute atomic E-state index is 11.7. The topological polar surface area (TPSA) is 49.8 Å². The zero-order valence-electron chi connectivity index (χ0n) is 7.61. The average Bonchev–Trinajstić information content (AvgIpc) is 2.72. The Labute approximate surface area is 77.5 Å². The summed E-state index contributed by atoms with van der Waals surface area (Å²) in [6.07, 6.45) is 1.25. The Morgan fingerprint density at radius 3 is 2.85 bits per heavy atom. The largest absolute Gasteiger partial charge is 0.391 e. The molecule has 0 aromatic heterocycles. The fourth-order valence-electron chi connectivity index (χ4n) is 1.93. The van der Waals surface area contributed by atoms with Crippen molar-refractivity contribution in [1.29, 1.82) is 0 Å². The highest BCUT2D eigenvalue weighted by Gasteiger charge is 2.31. The molecule has 0 bridgehead atoms. The first-order chi connectivity index (χ1) is 6.27. The van der Waals surface area contributed by atoms with E-state index < -0.39 is 0 Å². The van der Waals surface area contributed by atoms with Gasteiger partial charge in [-0.25, -0.2) is 0 Å². The number of ether oxygens (including phenoxy) is 1. The van der Waals surface area contributed by atoms with Crippen LogP contribution in [0.15, 0.2) is 0 Å². The van der Waals surface area contributed by atoms with E-state index in [2.05, 4.69) is 0 Å². The molecule has 13 heavy (non-hydrogen) atoms. The average molecular weight is 185 g/mol. The van der Waals surface area contributed by atoms with E-state index in [4.69, 9.17) is 4.74 Å². The smallest absolute Gasteiger partial charge is 0.228 e. The summed E-state index contributed by atoms with van der Waals surface area (Å²) < 4.78 is 5.15. The highest BCUT2D eigenvalue weighted by Crippen LogP contribution is 2.18. The van der Waals surface area contributed by atoms with E-state index in [-0.39, 0.29) is 17.9 Å². The van der Waals surface area contributed by atoms with Crippen molar-refractivity contribution in [3.8, 4) is 0 Å². The number of carbonyl (C=O) groups excluding carboxylic acids is 1. The number of β-amino-alcohol motifs (C(OH)–C–C–N with tert-alkyl or cyclic N) is 1. The van der Waals surface area contributed by atoms with Gasteiger partial charge in [-0.3, -0.25) is 4.79 Å². The monoisotopic (exact) mass is 185 g/mol. The Kier molecular flexibility index (Phi) is 2.51. The van der Waals surface area contributed by atoms with Crippen molar-refractivity contribution in [3.63, 3.8) is 0 Å². The number of carbonyl (C=O) groups is 1. The van der Waals surface area contributed by atoms with Crippen molar-refractivity contribution >= 4 is 5.91 Å². The van der Waals surface area contributed by atoms with Crippen molar-refractivity contribution in [2.75, 3.05) is 26.3 Å². The summed E-state index contributed by atoms with van der Waals surface area (Å²) >= 11 is 0. The first-order valence-corrected chi connectivity index (χ1v) is 4.82. The van der Waals surface area contributed by atoms with E-state index in [0.29, 0.717) is 26.3 Å². The van der Waals surface area contributed by atoms with Crippen molar-refractivity contribution in [2.45, 2.75) is 18.9 Å². The molecule has 2 heterocycles. The van der Waals surface area contributed by atoms with E-state index in [0.717, 1.165) is 12.8 Å². The van der Waals surface area contributed by atoms with Gasteiger partial charge >= 0.3 is 0 Å². The molecule has 0 aromatic rings. The summed E-state index contributed by atoms with van der Waals surface area (Å²) in [5.41, 5.74) is 0. The molecule has 0 saturated carbocycles. The second-order valence-electron chi connectivity index (χ2n) is 3.79. The van der Waals surface area contributed by atoms with E-state index in [1.807, 2.05) is 0 Å². The minimum absolute atomic E-state index is 0.0466. The van der Waals surface area contributed by atoms with Gasteiger partial charge < -0.3 is 14.7 Å². The summed E-state index contributed by atoms with van der Waals surface area (Å²) in [4.78, 5) is 13.5. The Bertz CT molecular complexity index is 201. The number of aliphatic hydroxyl groups is 1. The maximum atomic E-state index is 11.7. The molecule has 2 atom stereocenters. The van der Waals surface area contributed by atoms with Crippen molar-refractivity contribution < 1.29 is 14.6 Å². The van der Waals surface area contributed by atoms with Crippen LogP contribution in [0.25, 0.3) is 0 Å². The number of hydrogen-bond acceptors (Lipinski definition) is 3. The highest BCUT2D eigenvalue weighted by atomic mass is 16.5. The van der Waals surface area contributed by atoms with Gasteiger partial charge in [0.2, 0.25) is 5.91 Å². The molecule has 2 fully saturated rings. The number of nitrogens with zero attached hydrogens (tertiary/aromatic N) is 1. The highest BCUT2D eigenvalue weighted by molar-refractivity contribution is 5.79. The zero-order valence-corrected chi connectivity index (χ0v) is 7.61. The van der Waals surface area contributed by atoms with Gasteiger partial charge in [-0.2, -0.15) is 0 Å². The molecular formula is C9H15NO3. The molecule has 2 aliphatic rings. The third-order valence-electron chi connectivity index (χ3n) is 2.75. The third-order valence-corrected chi connectivity index (χ3v) is 2.75. The molecule has 4 nitrogen and oxygen atoms in total. The normalized spacial score (nSPS) is 34.1. The molecule has 0 unspecified atom stereocenters. The van der Waals surface area contributed by atoms with Crippen LogP contribution in [0.4, 0.5) is 0 Å². The zero-order chi connectivity index (χ0) is 9.26. The second-order valence-corrected chi connectivity index (χ2v) is 3.79. The molecular weight excluding hydrogens is 170 g/mol. The molecule has 1 amide bonds. The van der Waals surface area contributed by atoms with Crippen LogP contribution in [-0.4, -0.2) is 48.3 Å². The van der Waals surface area contributed by atoms with Crippen LogP contribution in [0.1, 0.15) is 12.8 Å². The second kappa shape index (κ2) is 3.64. The summed E-state index contributed by atoms with van der Waals surface area (Å²) in [6.45, 7) is 2.48. The molecule has 0 radical (unpaired) electrons. The summed E-state index contributed by atoms with van der Waals surface area (Å²) in [6, 6.07) is 0. The first-order valence-electron chi connectivity index (χ1n) is 4.82. The lowest BCUT2D eigenvalue weighted by Gasteiger charge is -2.18. The molecule has 2 saturated heterocycles. The van der Waals surface area contributed by atoms with Gasteiger partial charge in [0.25, 0.3) is 0 Å². The number of rotatable bonds is 1. The molecule has 2 rings (SSSR count). The van der Waals surface area contributed by atoms with E-state index in [1.54, 1.807) is 4.90 Å². The van der Waals surface area contributed by atoms with Crippen molar-refractivity contribution in [1.82, 2.24) is 4.90 Å². The van der Waals surface area contributed by atoms with Crippen LogP contribution >= 0.6 is 0 Å². The van der Waals surface area contributed by atoms with Gasteiger partial charge in [0, 0.05) is 19.7 Å². The Balaban J connectivity index is 1.89. The summed E-state index contributed by atoms with van der Waals surface area (Å²) in [7, 11) is 0. The van der Waals surface area contributed by atoms with Crippen LogP contribution in [0.2, 0.25) is 0 Å². The van der Waals surface area contributed by atoms with Crippen molar-refractivity contribution in [2.24, 2.45) is 5.92 Å². The van der Waals surface area contributed by atoms with Crippen LogP contribution in [0, 0.1) is 5.92 Å². The van der Waals surface area contributed by atoms with E-state index >= 15 is 0 Å². The van der Waals surface area contributed by atoms with Gasteiger partial charge in [-0.15, -0.1) is 0 Å². The van der Waals surface area contributed by atoms with Gasteiger partial charge in [-0.1, -0.05) is 0 Å². The van der Waals surface area contributed by atoms with E-state index in [1.165, 1.54) is 0 Å². The SMILES string of the molecule is O=C([C@@H]1CCOC1)N1CC[C@@H](O)C1. The van der Waals surface area contributed by atoms with Gasteiger partial charge in [0.15, 0.2) is 0 Å². The molecule has 2 aliphatic heterocycles. The molecule has 0 spiro atoms. The summed E-state index contributed by atoms with van der Waals surface area (Å²) in [5.74, 6) is 0.208. The van der Waals surface area contributed by atoms with Gasteiger partial charge in [0.05, 0.1) is 18.6 Å². The molecule has 0 aromatic carbocycles. The van der Waals surface area contributed by atoms with Crippen LogP contribution in [0.5, 0.6) is 0 Å². The van der Waals surface area contributed by atoms with Crippen LogP contribution in [-0.2, 0) is 9.53 Å². The standard InChI is InChI=1S/C9H15NO3/c11-8-1-3-10(5-8)9(12)7-2-4-13-6-7/h7-8,11H,1-6H2/t7-,8-/m1/s1. The predicted molar refractivity (Wildman–Crippen MR) is 46.1 cm³/mol. The maximum Gasteiger partial charge on any atom is 0.228 e. The van der Waals surface area contributed by atoms with E-state index in [9.17, 15) is 9.90 Å². The predicted octanol–water partition coefficient (Wildman–Crippen LogP) is -0.384.